The number of nitrogens with zero attached hydrogens (tertiary/aromatic N) is 1. The molecule has 2 fully saturated rings. The largest absolute Gasteiger partial charge is 0.480 e. The number of carboxylic acids is 1. The van der Waals surface area contributed by atoms with Crippen LogP contribution < -0.4 is 0 Å². The molecule has 1 unspecified atom stereocenters. The number of aryl methyl sites for hydroxylation is 1. The lowest BCUT2D eigenvalue weighted by atomic mass is 9.81. The van der Waals surface area contributed by atoms with Crippen LogP contribution in [0.15, 0.2) is 24.3 Å². The second kappa shape index (κ2) is 7.02. The second-order valence-electron chi connectivity index (χ2n) is 7.16. The van der Waals surface area contributed by atoms with Gasteiger partial charge in [-0.15, -0.1) is 0 Å². The van der Waals surface area contributed by atoms with Crippen molar-refractivity contribution in [1.82, 2.24) is 4.90 Å². The van der Waals surface area contributed by atoms with E-state index in [1.165, 1.54) is 25.7 Å². The average Bonchev–Trinajstić information content (AvgIpc) is 3.05. The van der Waals surface area contributed by atoms with Gasteiger partial charge in [-0.2, -0.15) is 0 Å². The molecule has 2 aliphatic rings. The van der Waals surface area contributed by atoms with E-state index in [9.17, 15) is 15.0 Å². The molecule has 0 bridgehead atoms. The monoisotopic (exact) mass is 317 g/mol. The van der Waals surface area contributed by atoms with Gasteiger partial charge in [-0.3, -0.25) is 9.69 Å². The number of benzene rings is 1. The number of piperidine rings is 1. The number of aliphatic carboxylic acids is 1. The maximum atomic E-state index is 12.0. The molecule has 0 aromatic heterocycles. The van der Waals surface area contributed by atoms with E-state index in [2.05, 4.69) is 4.90 Å². The third-order valence-corrected chi connectivity index (χ3v) is 5.74. The fraction of sp³-hybridized carbons (Fsp3) is 0.632. The summed E-state index contributed by atoms with van der Waals surface area (Å²) in [5.74, 6) is -0.0166. The Hall–Kier alpha value is -1.39. The van der Waals surface area contributed by atoms with Gasteiger partial charge in [-0.05, 0) is 30.4 Å². The van der Waals surface area contributed by atoms with Gasteiger partial charge in [-0.25, -0.2) is 0 Å². The van der Waals surface area contributed by atoms with Crippen molar-refractivity contribution in [3.63, 3.8) is 0 Å². The van der Waals surface area contributed by atoms with Crippen molar-refractivity contribution >= 4 is 5.97 Å². The van der Waals surface area contributed by atoms with Gasteiger partial charge in [0.25, 0.3) is 0 Å². The molecule has 0 amide bonds. The highest BCUT2D eigenvalue weighted by molar-refractivity contribution is 5.76. The van der Waals surface area contributed by atoms with Crippen LogP contribution in [0.1, 0.15) is 49.3 Å². The predicted octanol–water partition coefficient (Wildman–Crippen LogP) is 2.99. The number of rotatable bonds is 4. The van der Waals surface area contributed by atoms with Crippen molar-refractivity contribution in [2.24, 2.45) is 11.8 Å². The maximum Gasteiger partial charge on any atom is 0.325 e. The van der Waals surface area contributed by atoms with Gasteiger partial charge >= 0.3 is 5.97 Å². The molecule has 4 nitrogen and oxygen atoms in total. The number of hydrogen-bond acceptors (Lipinski definition) is 3. The molecule has 0 spiro atoms. The maximum absolute atomic E-state index is 12.0. The highest BCUT2D eigenvalue weighted by Gasteiger charge is 2.39. The minimum atomic E-state index is -0.791. The first-order valence-corrected chi connectivity index (χ1v) is 8.78. The Labute approximate surface area is 138 Å². The number of hydrogen-bond donors (Lipinski definition) is 2. The first-order valence-electron chi connectivity index (χ1n) is 8.78. The predicted molar refractivity (Wildman–Crippen MR) is 89.2 cm³/mol. The van der Waals surface area contributed by atoms with Gasteiger partial charge in [0.2, 0.25) is 0 Å². The first-order chi connectivity index (χ1) is 11.1. The molecule has 23 heavy (non-hydrogen) atoms. The van der Waals surface area contributed by atoms with E-state index >= 15 is 0 Å². The number of aliphatic hydroxyl groups excluding tert-OH is 1. The number of likely N-dealkylation sites (tertiary alicyclic amines) is 1. The van der Waals surface area contributed by atoms with Crippen LogP contribution in [-0.2, 0) is 4.79 Å². The van der Waals surface area contributed by atoms with Gasteiger partial charge in [0.05, 0.1) is 6.10 Å². The third kappa shape index (κ3) is 3.43. The van der Waals surface area contributed by atoms with Crippen LogP contribution in [0.5, 0.6) is 0 Å². The molecule has 1 aliphatic heterocycles. The summed E-state index contributed by atoms with van der Waals surface area (Å²) < 4.78 is 0. The molecule has 1 saturated carbocycles. The Kier molecular flexibility index (Phi) is 5.02. The van der Waals surface area contributed by atoms with E-state index in [0.29, 0.717) is 25.4 Å². The van der Waals surface area contributed by atoms with Gasteiger partial charge in [0, 0.05) is 19.0 Å². The molecule has 1 saturated heterocycles. The highest BCUT2D eigenvalue weighted by Crippen LogP contribution is 2.38. The smallest absolute Gasteiger partial charge is 0.325 e. The average molecular weight is 317 g/mol. The quantitative estimate of drug-likeness (QED) is 0.896. The standard InChI is InChI=1S/C19H27NO3/c1-13-6-2-5-9-15(13)18(19(22)23)20-11-10-17(21)16(12-20)14-7-3-4-8-14/h2,5-6,9,14,16-18,21H,3-4,7-8,10-12H2,1H3,(H,22,23)/t16-,17+,18?/m0/s1. The molecule has 1 aliphatic carbocycles. The van der Waals surface area contributed by atoms with E-state index in [0.717, 1.165) is 11.1 Å². The summed E-state index contributed by atoms with van der Waals surface area (Å²) in [5, 5.41) is 20.2. The van der Waals surface area contributed by atoms with Gasteiger partial charge in [0.1, 0.15) is 6.04 Å². The number of carbonyl (C=O) groups is 1. The molecule has 3 rings (SSSR count). The summed E-state index contributed by atoms with van der Waals surface area (Å²) in [7, 11) is 0. The van der Waals surface area contributed by atoms with E-state index in [4.69, 9.17) is 0 Å². The van der Waals surface area contributed by atoms with Crippen LogP contribution in [0.25, 0.3) is 0 Å². The fourth-order valence-corrected chi connectivity index (χ4v) is 4.46. The Morgan fingerprint density at radius 2 is 1.91 bits per heavy atom. The van der Waals surface area contributed by atoms with Crippen molar-refractivity contribution in [1.29, 1.82) is 0 Å². The minimum absolute atomic E-state index is 0.220. The summed E-state index contributed by atoms with van der Waals surface area (Å²) in [6.07, 6.45) is 5.24. The molecule has 1 aromatic rings. The molecular formula is C19H27NO3. The molecule has 1 heterocycles. The van der Waals surface area contributed by atoms with Crippen molar-refractivity contribution in [3.05, 3.63) is 35.4 Å². The Balaban J connectivity index is 1.82. The van der Waals surface area contributed by atoms with Crippen molar-refractivity contribution in [2.45, 2.75) is 51.2 Å². The summed E-state index contributed by atoms with van der Waals surface area (Å²) in [5.41, 5.74) is 1.89. The third-order valence-electron chi connectivity index (χ3n) is 5.74. The van der Waals surface area contributed by atoms with E-state index < -0.39 is 12.0 Å². The topological polar surface area (TPSA) is 60.8 Å². The molecular weight excluding hydrogens is 290 g/mol. The van der Waals surface area contributed by atoms with Crippen LogP contribution in [0.4, 0.5) is 0 Å². The van der Waals surface area contributed by atoms with Crippen molar-refractivity contribution in [3.8, 4) is 0 Å². The Morgan fingerprint density at radius 1 is 1.22 bits per heavy atom. The van der Waals surface area contributed by atoms with Gasteiger partial charge in [0.15, 0.2) is 0 Å². The van der Waals surface area contributed by atoms with Crippen LogP contribution >= 0.6 is 0 Å². The normalized spacial score (nSPS) is 27.9. The molecule has 126 valence electrons. The summed E-state index contributed by atoms with van der Waals surface area (Å²) in [4.78, 5) is 14.0. The molecule has 4 heteroatoms. The van der Waals surface area contributed by atoms with Crippen LogP contribution in [0.3, 0.4) is 0 Å². The number of aliphatic hydroxyl groups is 1. The zero-order chi connectivity index (χ0) is 16.4. The molecule has 3 atom stereocenters. The summed E-state index contributed by atoms with van der Waals surface area (Å²) in [6.45, 7) is 3.31. The SMILES string of the molecule is Cc1ccccc1C(C(=O)O)N1CC[C@@H](O)[C@H](C2CCCC2)C1. The fourth-order valence-electron chi connectivity index (χ4n) is 4.46. The lowest BCUT2D eigenvalue weighted by Gasteiger charge is -2.41. The lowest BCUT2D eigenvalue weighted by Crippen LogP contribution is -2.48. The van der Waals surface area contributed by atoms with Crippen LogP contribution in [-0.4, -0.2) is 40.3 Å². The lowest BCUT2D eigenvalue weighted by molar-refractivity contribution is -0.146. The number of carboxylic acid groups (broad SMARTS) is 1. The summed E-state index contributed by atoms with van der Waals surface area (Å²) >= 11 is 0. The molecule has 1 aromatic carbocycles. The van der Waals surface area contributed by atoms with Crippen molar-refractivity contribution in [2.75, 3.05) is 13.1 Å². The zero-order valence-electron chi connectivity index (χ0n) is 13.8. The summed E-state index contributed by atoms with van der Waals surface area (Å²) in [6, 6.07) is 7.14. The minimum Gasteiger partial charge on any atom is -0.480 e. The first kappa shape index (κ1) is 16.5. The van der Waals surface area contributed by atoms with E-state index in [1.807, 2.05) is 31.2 Å². The Morgan fingerprint density at radius 3 is 2.57 bits per heavy atom. The van der Waals surface area contributed by atoms with Crippen molar-refractivity contribution < 1.29 is 15.0 Å². The highest BCUT2D eigenvalue weighted by atomic mass is 16.4. The van der Waals surface area contributed by atoms with E-state index in [-0.39, 0.29) is 12.0 Å². The molecule has 0 radical (unpaired) electrons. The Bertz CT molecular complexity index is 553. The molecule has 2 N–H and O–H groups in total. The van der Waals surface area contributed by atoms with Gasteiger partial charge in [-0.1, -0.05) is 49.9 Å². The second-order valence-corrected chi connectivity index (χ2v) is 7.16. The van der Waals surface area contributed by atoms with Gasteiger partial charge < -0.3 is 10.2 Å². The van der Waals surface area contributed by atoms with E-state index in [1.54, 1.807) is 0 Å². The van der Waals surface area contributed by atoms with Crippen LogP contribution in [0.2, 0.25) is 0 Å². The zero-order valence-corrected chi connectivity index (χ0v) is 13.8. The van der Waals surface area contributed by atoms with Crippen LogP contribution in [0, 0.1) is 18.8 Å².